The largest absolute Gasteiger partial charge is 0.313 e. The van der Waals surface area contributed by atoms with Crippen LogP contribution in [0, 0.1) is 11.8 Å². The summed E-state index contributed by atoms with van der Waals surface area (Å²) in [6.07, 6.45) is 4.19. The van der Waals surface area contributed by atoms with Gasteiger partial charge in [0.05, 0.1) is 0 Å². The van der Waals surface area contributed by atoms with E-state index in [2.05, 4.69) is 37.9 Å². The molecule has 2 unspecified atom stereocenters. The zero-order valence-corrected chi connectivity index (χ0v) is 11.6. The number of hydrogen-bond donors (Lipinski definition) is 1. The smallest absolute Gasteiger partial charge is 0.0217 e. The lowest BCUT2D eigenvalue weighted by Crippen LogP contribution is -2.43. The van der Waals surface area contributed by atoms with E-state index in [1.807, 2.05) is 0 Å². The fraction of sp³-hybridized carbons (Fsp3) is 1.00. The third-order valence-electron chi connectivity index (χ3n) is 3.79. The van der Waals surface area contributed by atoms with Gasteiger partial charge in [-0.25, -0.2) is 0 Å². The van der Waals surface area contributed by atoms with Crippen LogP contribution in [0.4, 0.5) is 0 Å². The van der Waals surface area contributed by atoms with Gasteiger partial charge in [0.2, 0.25) is 0 Å². The van der Waals surface area contributed by atoms with Crippen molar-refractivity contribution in [3.05, 3.63) is 0 Å². The summed E-state index contributed by atoms with van der Waals surface area (Å²) in [5.74, 6) is 1.71. The number of likely N-dealkylation sites (tertiary alicyclic amines) is 1. The summed E-state index contributed by atoms with van der Waals surface area (Å²) >= 11 is 0. The summed E-state index contributed by atoms with van der Waals surface area (Å²) in [4.78, 5) is 2.66. The minimum Gasteiger partial charge on any atom is -0.313 e. The normalized spacial score (nSPS) is 24.2. The van der Waals surface area contributed by atoms with Crippen LogP contribution in [0.15, 0.2) is 0 Å². The Morgan fingerprint density at radius 3 is 2.62 bits per heavy atom. The van der Waals surface area contributed by atoms with Gasteiger partial charge < -0.3 is 10.2 Å². The molecule has 0 aromatic heterocycles. The van der Waals surface area contributed by atoms with Crippen LogP contribution in [-0.4, -0.2) is 37.1 Å². The molecule has 1 aliphatic rings. The Balaban J connectivity index is 2.30. The zero-order chi connectivity index (χ0) is 12.0. The lowest BCUT2D eigenvalue weighted by Gasteiger charge is -2.27. The van der Waals surface area contributed by atoms with Gasteiger partial charge in [-0.2, -0.15) is 0 Å². The van der Waals surface area contributed by atoms with Crippen LogP contribution in [0.1, 0.15) is 47.0 Å². The Bertz CT molecular complexity index is 180. The van der Waals surface area contributed by atoms with Crippen molar-refractivity contribution in [1.29, 1.82) is 0 Å². The van der Waals surface area contributed by atoms with Crippen LogP contribution < -0.4 is 5.32 Å². The van der Waals surface area contributed by atoms with Crippen LogP contribution >= 0.6 is 0 Å². The minimum atomic E-state index is 0.672. The Hall–Kier alpha value is -0.0800. The molecule has 1 heterocycles. The van der Waals surface area contributed by atoms with Crippen LogP contribution in [-0.2, 0) is 0 Å². The van der Waals surface area contributed by atoms with E-state index in [-0.39, 0.29) is 0 Å². The molecule has 1 N–H and O–H groups in total. The number of nitrogens with zero attached hydrogens (tertiary/aromatic N) is 1. The van der Waals surface area contributed by atoms with Crippen LogP contribution in [0.25, 0.3) is 0 Å². The molecule has 0 saturated carbocycles. The van der Waals surface area contributed by atoms with Crippen molar-refractivity contribution in [3.8, 4) is 0 Å². The van der Waals surface area contributed by atoms with Gasteiger partial charge in [-0.1, -0.05) is 34.1 Å². The van der Waals surface area contributed by atoms with Crippen LogP contribution in [0.3, 0.4) is 0 Å². The topological polar surface area (TPSA) is 15.3 Å². The molecule has 2 heteroatoms. The maximum atomic E-state index is 3.61. The highest BCUT2D eigenvalue weighted by molar-refractivity contribution is 4.81. The maximum Gasteiger partial charge on any atom is 0.0217 e. The van der Waals surface area contributed by atoms with Gasteiger partial charge in [-0.3, -0.25) is 0 Å². The maximum absolute atomic E-state index is 3.61. The molecule has 1 fully saturated rings. The fourth-order valence-corrected chi connectivity index (χ4v) is 2.77. The van der Waals surface area contributed by atoms with E-state index in [9.17, 15) is 0 Å². The second kappa shape index (κ2) is 7.29. The van der Waals surface area contributed by atoms with E-state index in [0.29, 0.717) is 6.04 Å². The van der Waals surface area contributed by atoms with Crippen molar-refractivity contribution >= 4 is 0 Å². The van der Waals surface area contributed by atoms with Gasteiger partial charge in [-0.05, 0) is 37.8 Å². The van der Waals surface area contributed by atoms with Crippen LogP contribution in [0.2, 0.25) is 0 Å². The third kappa shape index (κ3) is 4.42. The highest BCUT2D eigenvalue weighted by atomic mass is 15.2. The molecule has 2 atom stereocenters. The van der Waals surface area contributed by atoms with E-state index in [4.69, 9.17) is 0 Å². The Morgan fingerprint density at radius 2 is 2.06 bits per heavy atom. The van der Waals surface area contributed by atoms with E-state index < -0.39 is 0 Å². The lowest BCUT2D eigenvalue weighted by molar-refractivity contribution is 0.249. The number of likely N-dealkylation sites (N-methyl/N-ethyl adjacent to an activating group) is 1. The van der Waals surface area contributed by atoms with E-state index in [1.165, 1.54) is 38.9 Å². The van der Waals surface area contributed by atoms with Gasteiger partial charge in [0.15, 0.2) is 0 Å². The molecule has 16 heavy (non-hydrogen) atoms. The predicted molar refractivity (Wildman–Crippen MR) is 71.8 cm³/mol. The van der Waals surface area contributed by atoms with Crippen molar-refractivity contribution in [1.82, 2.24) is 10.2 Å². The highest BCUT2D eigenvalue weighted by Crippen LogP contribution is 2.21. The molecule has 0 radical (unpaired) electrons. The first-order valence-corrected chi connectivity index (χ1v) is 7.13. The molecule has 0 bridgehead atoms. The molecular formula is C14H30N2. The molecule has 2 nitrogen and oxygen atoms in total. The molecular weight excluding hydrogens is 196 g/mol. The van der Waals surface area contributed by atoms with Crippen LogP contribution in [0.5, 0.6) is 0 Å². The van der Waals surface area contributed by atoms with E-state index in [1.54, 1.807) is 0 Å². The van der Waals surface area contributed by atoms with Gasteiger partial charge in [0, 0.05) is 19.1 Å². The van der Waals surface area contributed by atoms with E-state index in [0.717, 1.165) is 18.4 Å². The number of rotatable bonds is 7. The second-order valence-corrected chi connectivity index (χ2v) is 5.61. The highest BCUT2D eigenvalue weighted by Gasteiger charge is 2.24. The molecule has 1 aliphatic heterocycles. The summed E-state index contributed by atoms with van der Waals surface area (Å²) in [5.41, 5.74) is 0. The summed E-state index contributed by atoms with van der Waals surface area (Å²) < 4.78 is 0. The molecule has 1 rings (SSSR count). The van der Waals surface area contributed by atoms with Gasteiger partial charge in [-0.15, -0.1) is 0 Å². The molecule has 0 aromatic carbocycles. The first kappa shape index (κ1) is 14.0. The molecule has 0 amide bonds. The standard InChI is InChI=1S/C14H30N2/c1-5-7-13-8-9-16(10-13)11-14(12(3)4)15-6-2/h12-15H,5-11H2,1-4H3. The number of nitrogens with one attached hydrogen (secondary N) is 1. The summed E-state index contributed by atoms with van der Waals surface area (Å²) in [5, 5.41) is 3.61. The zero-order valence-electron chi connectivity index (χ0n) is 11.6. The third-order valence-corrected chi connectivity index (χ3v) is 3.79. The van der Waals surface area contributed by atoms with Crippen molar-refractivity contribution in [2.24, 2.45) is 11.8 Å². The van der Waals surface area contributed by atoms with Crippen molar-refractivity contribution in [2.45, 2.75) is 53.0 Å². The molecule has 0 aromatic rings. The summed E-state index contributed by atoms with van der Waals surface area (Å²) in [6.45, 7) is 14.2. The average Bonchev–Trinajstić information content (AvgIpc) is 2.65. The Labute approximate surface area is 102 Å². The fourth-order valence-electron chi connectivity index (χ4n) is 2.77. The first-order chi connectivity index (χ1) is 7.67. The van der Waals surface area contributed by atoms with Crippen molar-refractivity contribution in [2.75, 3.05) is 26.2 Å². The van der Waals surface area contributed by atoms with E-state index >= 15 is 0 Å². The number of hydrogen-bond acceptors (Lipinski definition) is 2. The molecule has 0 spiro atoms. The average molecular weight is 226 g/mol. The molecule has 1 saturated heterocycles. The quantitative estimate of drug-likeness (QED) is 0.718. The van der Waals surface area contributed by atoms with Crippen molar-refractivity contribution < 1.29 is 0 Å². The first-order valence-electron chi connectivity index (χ1n) is 7.13. The minimum absolute atomic E-state index is 0.672. The second-order valence-electron chi connectivity index (χ2n) is 5.61. The summed E-state index contributed by atoms with van der Waals surface area (Å²) in [7, 11) is 0. The van der Waals surface area contributed by atoms with Gasteiger partial charge in [0.1, 0.15) is 0 Å². The van der Waals surface area contributed by atoms with Crippen molar-refractivity contribution in [3.63, 3.8) is 0 Å². The Morgan fingerprint density at radius 1 is 1.31 bits per heavy atom. The van der Waals surface area contributed by atoms with Gasteiger partial charge >= 0.3 is 0 Å². The summed E-state index contributed by atoms with van der Waals surface area (Å²) in [6, 6.07) is 0.672. The van der Waals surface area contributed by atoms with Gasteiger partial charge in [0.25, 0.3) is 0 Å². The SMILES string of the molecule is CCCC1CCN(CC(NCC)C(C)C)C1. The Kier molecular flexibility index (Phi) is 6.37. The predicted octanol–water partition coefficient (Wildman–Crippen LogP) is 2.74. The molecule has 0 aliphatic carbocycles. The molecule has 96 valence electrons. The monoisotopic (exact) mass is 226 g/mol. The lowest BCUT2D eigenvalue weighted by atomic mass is 10.0.